The normalized spacial score (nSPS) is 11.4. The SMILES string of the molecule is CC(C)(C)c1cc(=O)[nH]c2cc(NC(=O)c3ccc(Cl)c([N+](=O)[O-])c3)ccc12. The quantitative estimate of drug-likeness (QED) is 0.494. The number of pyridine rings is 1. The number of anilines is 1. The van der Waals surface area contributed by atoms with Crippen LogP contribution in [0.15, 0.2) is 47.3 Å². The van der Waals surface area contributed by atoms with E-state index in [0.29, 0.717) is 11.2 Å². The highest BCUT2D eigenvalue weighted by molar-refractivity contribution is 6.32. The summed E-state index contributed by atoms with van der Waals surface area (Å²) >= 11 is 5.78. The van der Waals surface area contributed by atoms with Crippen molar-refractivity contribution < 1.29 is 9.72 Å². The van der Waals surface area contributed by atoms with Crippen molar-refractivity contribution >= 4 is 39.8 Å². The van der Waals surface area contributed by atoms with Crippen LogP contribution in [0.3, 0.4) is 0 Å². The molecule has 0 spiro atoms. The smallest absolute Gasteiger partial charge is 0.288 e. The maximum atomic E-state index is 12.5. The lowest BCUT2D eigenvalue weighted by molar-refractivity contribution is -0.384. The Kier molecular flexibility index (Phi) is 4.95. The third-order valence-electron chi connectivity index (χ3n) is 4.31. The van der Waals surface area contributed by atoms with Crippen molar-refractivity contribution in [3.05, 3.63) is 79.1 Å². The van der Waals surface area contributed by atoms with Gasteiger partial charge in [0, 0.05) is 28.8 Å². The Morgan fingerprint density at radius 2 is 1.86 bits per heavy atom. The number of nitro benzene ring substituents is 1. The lowest BCUT2D eigenvalue weighted by atomic mass is 9.85. The van der Waals surface area contributed by atoms with Crippen molar-refractivity contribution in [2.75, 3.05) is 5.32 Å². The number of aromatic nitrogens is 1. The maximum absolute atomic E-state index is 12.5. The fourth-order valence-electron chi connectivity index (χ4n) is 2.96. The van der Waals surface area contributed by atoms with Gasteiger partial charge in [-0.3, -0.25) is 19.7 Å². The molecule has 1 amide bonds. The summed E-state index contributed by atoms with van der Waals surface area (Å²) in [5, 5.41) is 14.5. The molecule has 3 aromatic rings. The molecule has 2 aromatic carbocycles. The molecule has 1 heterocycles. The number of fused-ring (bicyclic) bond motifs is 1. The van der Waals surface area contributed by atoms with E-state index in [0.717, 1.165) is 17.0 Å². The lowest BCUT2D eigenvalue weighted by Crippen LogP contribution is -2.17. The molecular formula is C20H18ClN3O4. The Balaban J connectivity index is 1.97. The van der Waals surface area contributed by atoms with Gasteiger partial charge in [-0.1, -0.05) is 38.4 Å². The highest BCUT2D eigenvalue weighted by Crippen LogP contribution is 2.30. The second-order valence-corrected chi connectivity index (χ2v) is 7.84. The third kappa shape index (κ3) is 3.89. The van der Waals surface area contributed by atoms with E-state index in [-0.39, 0.29) is 27.2 Å². The van der Waals surface area contributed by atoms with Gasteiger partial charge in [0.05, 0.1) is 10.4 Å². The fourth-order valence-corrected chi connectivity index (χ4v) is 3.14. The number of amides is 1. The number of hydrogen-bond acceptors (Lipinski definition) is 4. The first-order valence-electron chi connectivity index (χ1n) is 8.49. The summed E-state index contributed by atoms with van der Waals surface area (Å²) in [6.07, 6.45) is 0. The van der Waals surface area contributed by atoms with Crippen LogP contribution in [0.4, 0.5) is 11.4 Å². The van der Waals surface area contributed by atoms with Gasteiger partial charge < -0.3 is 10.3 Å². The topological polar surface area (TPSA) is 105 Å². The Labute approximate surface area is 165 Å². The van der Waals surface area contributed by atoms with Gasteiger partial charge in [0.25, 0.3) is 11.6 Å². The van der Waals surface area contributed by atoms with Gasteiger partial charge in [-0.15, -0.1) is 0 Å². The molecule has 0 bridgehead atoms. The highest BCUT2D eigenvalue weighted by atomic mass is 35.5. The van der Waals surface area contributed by atoms with Gasteiger partial charge >= 0.3 is 0 Å². The predicted molar refractivity (Wildman–Crippen MR) is 109 cm³/mol. The van der Waals surface area contributed by atoms with E-state index in [1.54, 1.807) is 18.2 Å². The highest BCUT2D eigenvalue weighted by Gasteiger charge is 2.19. The van der Waals surface area contributed by atoms with E-state index in [9.17, 15) is 19.7 Å². The van der Waals surface area contributed by atoms with Crippen LogP contribution < -0.4 is 10.9 Å². The van der Waals surface area contributed by atoms with Crippen LogP contribution in [0.25, 0.3) is 10.9 Å². The number of nitro groups is 1. The van der Waals surface area contributed by atoms with Crippen molar-refractivity contribution in [1.82, 2.24) is 4.98 Å². The van der Waals surface area contributed by atoms with Crippen LogP contribution in [0.5, 0.6) is 0 Å². The molecule has 2 N–H and O–H groups in total. The van der Waals surface area contributed by atoms with E-state index in [4.69, 9.17) is 11.6 Å². The molecule has 8 heteroatoms. The summed E-state index contributed by atoms with van der Waals surface area (Å²) in [4.78, 5) is 37.6. The van der Waals surface area contributed by atoms with Crippen molar-refractivity contribution in [1.29, 1.82) is 0 Å². The molecule has 0 saturated heterocycles. The number of aromatic amines is 1. The summed E-state index contributed by atoms with van der Waals surface area (Å²) < 4.78 is 0. The van der Waals surface area contributed by atoms with Crippen molar-refractivity contribution in [2.24, 2.45) is 0 Å². The summed E-state index contributed by atoms with van der Waals surface area (Å²) in [6, 6.07) is 10.6. The molecule has 0 atom stereocenters. The zero-order valence-electron chi connectivity index (χ0n) is 15.5. The summed E-state index contributed by atoms with van der Waals surface area (Å²) in [5.74, 6) is -0.520. The van der Waals surface area contributed by atoms with Gasteiger partial charge in [0.1, 0.15) is 5.02 Å². The number of carbonyl (C=O) groups excluding carboxylic acids is 1. The van der Waals surface area contributed by atoms with Gasteiger partial charge in [-0.2, -0.15) is 0 Å². The van der Waals surface area contributed by atoms with Gasteiger partial charge in [0.15, 0.2) is 0 Å². The molecular weight excluding hydrogens is 382 g/mol. The fraction of sp³-hybridized carbons (Fsp3) is 0.200. The van der Waals surface area contributed by atoms with Gasteiger partial charge in [-0.05, 0) is 35.2 Å². The number of nitrogens with zero attached hydrogens (tertiary/aromatic N) is 1. The van der Waals surface area contributed by atoms with Crippen LogP contribution in [0.1, 0.15) is 36.7 Å². The van der Waals surface area contributed by atoms with E-state index >= 15 is 0 Å². The molecule has 0 saturated carbocycles. The lowest BCUT2D eigenvalue weighted by Gasteiger charge is -2.21. The Morgan fingerprint density at radius 1 is 1.14 bits per heavy atom. The zero-order chi connectivity index (χ0) is 20.6. The minimum absolute atomic E-state index is 0.0421. The first-order chi connectivity index (χ1) is 13.1. The van der Waals surface area contributed by atoms with E-state index in [1.807, 2.05) is 26.8 Å². The Hall–Kier alpha value is -3.19. The van der Waals surface area contributed by atoms with Crippen molar-refractivity contribution in [3.8, 4) is 0 Å². The van der Waals surface area contributed by atoms with Crippen LogP contribution in [0.2, 0.25) is 5.02 Å². The summed E-state index contributed by atoms with van der Waals surface area (Å²) in [5.41, 5.74) is 1.26. The van der Waals surface area contributed by atoms with E-state index in [1.165, 1.54) is 12.1 Å². The van der Waals surface area contributed by atoms with Crippen molar-refractivity contribution in [2.45, 2.75) is 26.2 Å². The molecule has 0 aliphatic rings. The zero-order valence-corrected chi connectivity index (χ0v) is 16.3. The molecule has 0 radical (unpaired) electrons. The standard InChI is InChI=1S/C20H18ClN3O4/c1-20(2,3)14-10-18(25)23-16-9-12(5-6-13(14)16)22-19(26)11-4-7-15(21)17(8-11)24(27)28/h4-10H,1-3H3,(H,22,26)(H,23,25). The number of nitrogens with one attached hydrogen (secondary N) is 2. The minimum atomic E-state index is -0.645. The number of H-pyrrole nitrogens is 1. The number of carbonyl (C=O) groups is 1. The number of benzene rings is 2. The molecule has 28 heavy (non-hydrogen) atoms. The monoisotopic (exact) mass is 399 g/mol. The molecule has 0 aliphatic carbocycles. The average molecular weight is 400 g/mol. The largest absolute Gasteiger partial charge is 0.322 e. The molecule has 0 unspecified atom stereocenters. The van der Waals surface area contributed by atoms with E-state index in [2.05, 4.69) is 10.3 Å². The Morgan fingerprint density at radius 3 is 2.50 bits per heavy atom. The van der Waals surface area contributed by atoms with Crippen LogP contribution in [-0.4, -0.2) is 15.8 Å². The Bertz CT molecular complexity index is 1160. The molecule has 0 aliphatic heterocycles. The van der Waals surface area contributed by atoms with E-state index < -0.39 is 10.8 Å². The summed E-state index contributed by atoms with van der Waals surface area (Å²) in [7, 11) is 0. The number of rotatable bonds is 3. The number of hydrogen-bond donors (Lipinski definition) is 2. The second-order valence-electron chi connectivity index (χ2n) is 7.44. The molecule has 3 rings (SSSR count). The molecule has 7 nitrogen and oxygen atoms in total. The third-order valence-corrected chi connectivity index (χ3v) is 4.63. The second kappa shape index (κ2) is 7.09. The maximum Gasteiger partial charge on any atom is 0.288 e. The van der Waals surface area contributed by atoms with Gasteiger partial charge in [-0.25, -0.2) is 0 Å². The number of halogens is 1. The minimum Gasteiger partial charge on any atom is -0.322 e. The van der Waals surface area contributed by atoms with Crippen LogP contribution in [0, 0.1) is 10.1 Å². The van der Waals surface area contributed by atoms with Crippen molar-refractivity contribution in [3.63, 3.8) is 0 Å². The molecule has 1 aromatic heterocycles. The first kappa shape index (κ1) is 19.6. The summed E-state index contributed by atoms with van der Waals surface area (Å²) in [6.45, 7) is 6.05. The molecule has 144 valence electrons. The first-order valence-corrected chi connectivity index (χ1v) is 8.87. The van der Waals surface area contributed by atoms with Crippen LogP contribution >= 0.6 is 11.6 Å². The predicted octanol–water partition coefficient (Wildman–Crippen LogP) is 4.64. The van der Waals surface area contributed by atoms with Crippen LogP contribution in [-0.2, 0) is 5.41 Å². The molecule has 0 fully saturated rings. The van der Waals surface area contributed by atoms with Gasteiger partial charge in [0.2, 0.25) is 5.56 Å². The average Bonchev–Trinajstić information content (AvgIpc) is 2.60.